The van der Waals surface area contributed by atoms with E-state index in [0.29, 0.717) is 11.8 Å². The molecule has 2 aromatic rings. The van der Waals surface area contributed by atoms with E-state index in [-0.39, 0.29) is 6.04 Å². The third kappa shape index (κ3) is 1.98. The third-order valence-corrected chi connectivity index (χ3v) is 4.45. The Balaban J connectivity index is 1.75. The normalized spacial score (nSPS) is 24.6. The second-order valence-electron chi connectivity index (χ2n) is 4.67. The fourth-order valence-electron chi connectivity index (χ4n) is 2.43. The van der Waals surface area contributed by atoms with E-state index < -0.39 is 0 Å². The first-order chi connectivity index (χ1) is 8.27. The highest BCUT2D eigenvalue weighted by molar-refractivity contribution is 7.05. The Morgan fingerprint density at radius 2 is 2.12 bits per heavy atom. The van der Waals surface area contributed by atoms with Crippen LogP contribution in [0.2, 0.25) is 0 Å². The summed E-state index contributed by atoms with van der Waals surface area (Å²) in [7, 11) is 0. The van der Waals surface area contributed by atoms with Crippen molar-refractivity contribution in [3.05, 3.63) is 46.5 Å². The maximum absolute atomic E-state index is 6.30. The van der Waals surface area contributed by atoms with Gasteiger partial charge in [-0.1, -0.05) is 34.8 Å². The number of aryl methyl sites for hydroxylation is 1. The predicted octanol–water partition coefficient (Wildman–Crippen LogP) is 2.65. The first-order valence-electron chi connectivity index (χ1n) is 5.86. The molecule has 0 bridgehead atoms. The van der Waals surface area contributed by atoms with E-state index in [0.717, 1.165) is 10.6 Å². The van der Waals surface area contributed by atoms with Crippen molar-refractivity contribution in [1.29, 1.82) is 0 Å². The van der Waals surface area contributed by atoms with Crippen LogP contribution in [0.4, 0.5) is 0 Å². The van der Waals surface area contributed by atoms with Crippen molar-refractivity contribution >= 4 is 11.5 Å². The van der Waals surface area contributed by atoms with E-state index in [9.17, 15) is 0 Å². The molecule has 3 nitrogen and oxygen atoms in total. The Morgan fingerprint density at radius 1 is 1.35 bits per heavy atom. The van der Waals surface area contributed by atoms with Gasteiger partial charge in [-0.2, -0.15) is 0 Å². The molecule has 0 aliphatic heterocycles. The maximum Gasteiger partial charge on any atom is 0.0772 e. The van der Waals surface area contributed by atoms with Crippen LogP contribution in [0.5, 0.6) is 0 Å². The summed E-state index contributed by atoms with van der Waals surface area (Å²) in [4.78, 5) is 1.15. The Labute approximate surface area is 105 Å². The molecule has 0 amide bonds. The summed E-state index contributed by atoms with van der Waals surface area (Å²) >= 11 is 1.44. The number of aromatic nitrogens is 2. The molecule has 2 N–H and O–H groups in total. The minimum Gasteiger partial charge on any atom is -0.323 e. The molecule has 0 spiro atoms. The minimum atomic E-state index is 0.0974. The molecule has 3 atom stereocenters. The summed E-state index contributed by atoms with van der Waals surface area (Å²) in [6.07, 6.45) is 1.18. The van der Waals surface area contributed by atoms with E-state index >= 15 is 0 Å². The summed E-state index contributed by atoms with van der Waals surface area (Å²) in [6, 6.07) is 10.7. The molecule has 1 aromatic carbocycles. The Hall–Kier alpha value is -1.26. The molecule has 1 heterocycles. The van der Waals surface area contributed by atoms with Crippen LogP contribution in [-0.2, 0) is 0 Å². The molecule has 88 valence electrons. The molecular formula is C13H15N3S. The quantitative estimate of drug-likeness (QED) is 0.904. The van der Waals surface area contributed by atoms with Gasteiger partial charge in [0, 0.05) is 6.04 Å². The molecular weight excluding hydrogens is 230 g/mol. The number of rotatable bonds is 3. The zero-order valence-electron chi connectivity index (χ0n) is 9.71. The zero-order chi connectivity index (χ0) is 11.8. The van der Waals surface area contributed by atoms with Crippen LogP contribution >= 0.6 is 11.5 Å². The van der Waals surface area contributed by atoms with Crippen molar-refractivity contribution in [1.82, 2.24) is 9.59 Å². The SMILES string of the molecule is Cc1nnsc1C(N)C1CC1c1ccccc1. The van der Waals surface area contributed by atoms with Crippen LogP contribution in [0.3, 0.4) is 0 Å². The van der Waals surface area contributed by atoms with Gasteiger partial charge in [-0.15, -0.1) is 5.10 Å². The second kappa shape index (κ2) is 4.20. The van der Waals surface area contributed by atoms with Crippen LogP contribution < -0.4 is 5.73 Å². The highest BCUT2D eigenvalue weighted by atomic mass is 32.1. The van der Waals surface area contributed by atoms with Crippen LogP contribution in [0.15, 0.2) is 30.3 Å². The first kappa shape index (κ1) is 10.9. The lowest BCUT2D eigenvalue weighted by Crippen LogP contribution is -2.13. The summed E-state index contributed by atoms with van der Waals surface area (Å²) in [6.45, 7) is 1.98. The van der Waals surface area contributed by atoms with Gasteiger partial charge in [0.25, 0.3) is 0 Å². The molecule has 17 heavy (non-hydrogen) atoms. The average molecular weight is 245 g/mol. The van der Waals surface area contributed by atoms with Gasteiger partial charge in [0.05, 0.1) is 10.6 Å². The van der Waals surface area contributed by atoms with Crippen LogP contribution in [0.25, 0.3) is 0 Å². The molecule has 4 heteroatoms. The van der Waals surface area contributed by atoms with Gasteiger partial charge in [-0.25, -0.2) is 0 Å². The van der Waals surface area contributed by atoms with E-state index in [1.54, 1.807) is 0 Å². The molecule has 3 rings (SSSR count). The van der Waals surface area contributed by atoms with Crippen LogP contribution in [0, 0.1) is 12.8 Å². The second-order valence-corrected chi connectivity index (χ2v) is 5.45. The molecule has 0 radical (unpaired) electrons. The lowest BCUT2D eigenvalue weighted by Gasteiger charge is -2.09. The lowest BCUT2D eigenvalue weighted by atomic mass is 10.0. The molecule has 1 aromatic heterocycles. The minimum absolute atomic E-state index is 0.0974. The number of hydrogen-bond acceptors (Lipinski definition) is 4. The Bertz CT molecular complexity index is 508. The molecule has 1 fully saturated rings. The maximum atomic E-state index is 6.30. The van der Waals surface area contributed by atoms with Crippen molar-refractivity contribution in [3.63, 3.8) is 0 Å². The number of nitrogens with two attached hydrogens (primary N) is 1. The molecule has 0 saturated heterocycles. The van der Waals surface area contributed by atoms with Crippen LogP contribution in [-0.4, -0.2) is 9.59 Å². The van der Waals surface area contributed by atoms with Crippen molar-refractivity contribution in [2.75, 3.05) is 0 Å². The summed E-state index contributed by atoms with van der Waals surface area (Å²) in [5.74, 6) is 1.17. The van der Waals surface area contributed by atoms with Gasteiger partial charge in [0.15, 0.2) is 0 Å². The van der Waals surface area contributed by atoms with Gasteiger partial charge in [0.2, 0.25) is 0 Å². The Kier molecular flexibility index (Phi) is 2.68. The number of benzene rings is 1. The summed E-state index contributed by atoms with van der Waals surface area (Å²) in [5, 5.41) is 4.03. The first-order valence-corrected chi connectivity index (χ1v) is 6.64. The molecule has 1 aliphatic carbocycles. The van der Waals surface area contributed by atoms with Crippen molar-refractivity contribution in [2.45, 2.75) is 25.3 Å². The molecule has 1 saturated carbocycles. The van der Waals surface area contributed by atoms with Crippen molar-refractivity contribution in [2.24, 2.45) is 11.7 Å². The van der Waals surface area contributed by atoms with Gasteiger partial charge < -0.3 is 5.73 Å². The summed E-state index contributed by atoms with van der Waals surface area (Å²) < 4.78 is 3.96. The van der Waals surface area contributed by atoms with Gasteiger partial charge in [-0.05, 0) is 42.3 Å². The van der Waals surface area contributed by atoms with Gasteiger partial charge >= 0.3 is 0 Å². The summed E-state index contributed by atoms with van der Waals surface area (Å²) in [5.41, 5.74) is 8.70. The Morgan fingerprint density at radius 3 is 2.76 bits per heavy atom. The van der Waals surface area contributed by atoms with E-state index in [2.05, 4.69) is 39.9 Å². The van der Waals surface area contributed by atoms with Crippen molar-refractivity contribution in [3.8, 4) is 0 Å². The van der Waals surface area contributed by atoms with E-state index in [1.807, 2.05) is 6.92 Å². The highest BCUT2D eigenvalue weighted by Crippen LogP contribution is 2.53. The topological polar surface area (TPSA) is 51.8 Å². The fraction of sp³-hybridized carbons (Fsp3) is 0.385. The molecule has 1 aliphatic rings. The van der Waals surface area contributed by atoms with Gasteiger partial charge in [-0.3, -0.25) is 0 Å². The van der Waals surface area contributed by atoms with Crippen LogP contribution in [0.1, 0.15) is 34.5 Å². The standard InChI is InChI=1S/C13H15N3S/c1-8-13(17-16-15-8)12(14)11-7-10(11)9-5-3-2-4-6-9/h2-6,10-12H,7,14H2,1H3. The predicted molar refractivity (Wildman–Crippen MR) is 68.9 cm³/mol. The third-order valence-electron chi connectivity index (χ3n) is 3.52. The van der Waals surface area contributed by atoms with Gasteiger partial charge in [0.1, 0.15) is 0 Å². The zero-order valence-corrected chi connectivity index (χ0v) is 10.5. The lowest BCUT2D eigenvalue weighted by molar-refractivity contribution is 0.621. The fourth-order valence-corrected chi connectivity index (χ4v) is 3.15. The monoisotopic (exact) mass is 245 g/mol. The van der Waals surface area contributed by atoms with E-state index in [4.69, 9.17) is 5.73 Å². The molecule has 3 unspecified atom stereocenters. The number of nitrogens with zero attached hydrogens (tertiary/aromatic N) is 2. The largest absolute Gasteiger partial charge is 0.323 e. The van der Waals surface area contributed by atoms with Crippen molar-refractivity contribution < 1.29 is 0 Å². The average Bonchev–Trinajstić information content (AvgIpc) is 3.05. The van der Waals surface area contributed by atoms with E-state index in [1.165, 1.54) is 23.5 Å². The highest BCUT2D eigenvalue weighted by Gasteiger charge is 2.43. The number of hydrogen-bond donors (Lipinski definition) is 1. The smallest absolute Gasteiger partial charge is 0.0772 e.